The Kier molecular flexibility index (Phi) is 6.97. The smallest absolute Gasteiger partial charge is 0.210 e. The lowest BCUT2D eigenvalue weighted by Crippen LogP contribution is -2.03. The van der Waals surface area contributed by atoms with E-state index in [9.17, 15) is 5.53 Å². The van der Waals surface area contributed by atoms with Gasteiger partial charge in [-0.25, -0.2) is 4.70 Å². The van der Waals surface area contributed by atoms with Gasteiger partial charge < -0.3 is 5.53 Å². The van der Waals surface area contributed by atoms with Gasteiger partial charge in [-0.1, -0.05) is 57.9 Å². The van der Waals surface area contributed by atoms with Crippen LogP contribution in [0, 0.1) is 0 Å². The third-order valence-electron chi connectivity index (χ3n) is 5.51. The molecule has 2 aromatic carbocycles. The summed E-state index contributed by atoms with van der Waals surface area (Å²) in [7, 11) is 0. The molecular weight excluding hydrogens is 340 g/mol. The Morgan fingerprint density at radius 3 is 2.14 bits per heavy atom. The quantitative estimate of drug-likeness (QED) is 0.405. The van der Waals surface area contributed by atoms with E-state index in [1.807, 2.05) is 0 Å². The van der Waals surface area contributed by atoms with Crippen molar-refractivity contribution in [1.82, 2.24) is 0 Å². The van der Waals surface area contributed by atoms with Gasteiger partial charge in [-0.3, -0.25) is 0 Å². The number of rotatable bonds is 9. The molecule has 0 saturated heterocycles. The number of unbranched alkanes of at least 4 members (excludes halogenated alkanes) is 2. The van der Waals surface area contributed by atoms with Crippen LogP contribution < -0.4 is 0 Å². The molecule has 0 bridgehead atoms. The fourth-order valence-corrected chi connectivity index (χ4v) is 3.83. The van der Waals surface area contributed by atoms with Crippen molar-refractivity contribution in [3.8, 4) is 0 Å². The molecule has 0 aromatic heterocycles. The second-order valence-electron chi connectivity index (χ2n) is 7.68. The van der Waals surface area contributed by atoms with Crippen LogP contribution in [-0.4, -0.2) is 4.70 Å². The predicted molar refractivity (Wildman–Crippen MR) is 119 cm³/mol. The molecule has 0 spiro atoms. The highest BCUT2D eigenvalue weighted by molar-refractivity contribution is 5.78. The Morgan fingerprint density at radius 2 is 1.43 bits per heavy atom. The summed E-state index contributed by atoms with van der Waals surface area (Å²) in [6, 6.07) is 17.2. The van der Waals surface area contributed by atoms with Gasteiger partial charge in [0.1, 0.15) is 0 Å². The Bertz CT molecular complexity index is 902. The van der Waals surface area contributed by atoms with E-state index >= 15 is 0 Å². The lowest BCUT2D eigenvalue weighted by Gasteiger charge is -2.11. The van der Waals surface area contributed by atoms with Gasteiger partial charge in [-0.15, -0.1) is 0 Å². The second kappa shape index (κ2) is 9.64. The Hall–Kier alpha value is -2.48. The van der Waals surface area contributed by atoms with Crippen molar-refractivity contribution in [2.24, 2.45) is 0 Å². The van der Waals surface area contributed by atoms with Crippen LogP contribution in [0.25, 0.3) is 16.9 Å². The minimum Gasteiger partial charge on any atom is -0.493 e. The minimum absolute atomic E-state index is 0.885. The zero-order valence-corrected chi connectivity index (χ0v) is 17.5. The number of nitrogens with zero attached hydrogens (tertiary/aromatic N) is 2. The number of hydrogen-bond donors (Lipinski definition) is 0. The van der Waals surface area contributed by atoms with Gasteiger partial charge in [0, 0.05) is 22.8 Å². The van der Waals surface area contributed by atoms with Gasteiger partial charge in [-0.2, -0.15) is 0 Å². The van der Waals surface area contributed by atoms with E-state index in [2.05, 4.69) is 75.4 Å². The molecule has 1 aliphatic rings. The molecule has 0 atom stereocenters. The molecule has 2 heteroatoms. The van der Waals surface area contributed by atoms with Crippen LogP contribution in [0.15, 0.2) is 60.2 Å². The van der Waals surface area contributed by atoms with Crippen molar-refractivity contribution in [3.05, 3.63) is 88.0 Å². The van der Waals surface area contributed by atoms with E-state index in [1.54, 1.807) is 0 Å². The van der Waals surface area contributed by atoms with E-state index in [-0.39, 0.29) is 0 Å². The molecule has 28 heavy (non-hydrogen) atoms. The molecule has 0 aliphatic carbocycles. The van der Waals surface area contributed by atoms with Gasteiger partial charge in [0.15, 0.2) is 0 Å². The first-order valence-electron chi connectivity index (χ1n) is 10.8. The van der Waals surface area contributed by atoms with Crippen LogP contribution in [0.5, 0.6) is 0 Å². The zero-order valence-electron chi connectivity index (χ0n) is 17.5. The zero-order chi connectivity index (χ0) is 19.9. The normalized spacial score (nSPS) is 14.0. The first kappa shape index (κ1) is 20.3. The molecule has 0 amide bonds. The first-order chi connectivity index (χ1) is 13.7. The topological polar surface area (TPSA) is 25.3 Å². The maximum Gasteiger partial charge on any atom is 0.210 e. The SMILES string of the molecule is CCCCC1=C(c2cccc(CCCC)c2)[N+](=[N-])C(c2cccc(CC)c2)=C1. The maximum atomic E-state index is 11.2. The third kappa shape index (κ3) is 4.49. The van der Waals surface area contributed by atoms with Gasteiger partial charge in [0.05, 0.1) is 0 Å². The molecule has 2 aromatic rings. The fourth-order valence-electron chi connectivity index (χ4n) is 3.83. The van der Waals surface area contributed by atoms with Crippen molar-refractivity contribution in [1.29, 1.82) is 0 Å². The van der Waals surface area contributed by atoms with E-state index in [4.69, 9.17) is 0 Å². The molecule has 2 nitrogen and oxygen atoms in total. The Labute approximate surface area is 170 Å². The van der Waals surface area contributed by atoms with Crippen LogP contribution in [0.3, 0.4) is 0 Å². The minimum atomic E-state index is 0.885. The molecule has 0 radical (unpaired) electrons. The van der Waals surface area contributed by atoms with Crippen LogP contribution in [0.4, 0.5) is 0 Å². The first-order valence-corrected chi connectivity index (χ1v) is 10.8. The summed E-state index contributed by atoms with van der Waals surface area (Å²) in [5, 5.41) is 0. The summed E-state index contributed by atoms with van der Waals surface area (Å²) in [5.41, 5.74) is 19.0. The summed E-state index contributed by atoms with van der Waals surface area (Å²) in [6.45, 7) is 6.60. The third-order valence-corrected chi connectivity index (χ3v) is 5.51. The van der Waals surface area contributed by atoms with Crippen molar-refractivity contribution in [2.45, 2.75) is 65.7 Å². The van der Waals surface area contributed by atoms with Gasteiger partial charge >= 0.3 is 0 Å². The van der Waals surface area contributed by atoms with Crippen molar-refractivity contribution < 1.29 is 4.70 Å². The maximum absolute atomic E-state index is 11.2. The molecule has 0 unspecified atom stereocenters. The van der Waals surface area contributed by atoms with Crippen molar-refractivity contribution in [3.63, 3.8) is 0 Å². The highest BCUT2D eigenvalue weighted by Gasteiger charge is 2.28. The summed E-state index contributed by atoms with van der Waals surface area (Å²) in [6.07, 6.45) is 9.91. The van der Waals surface area contributed by atoms with Gasteiger partial charge in [0.2, 0.25) is 11.4 Å². The second-order valence-corrected chi connectivity index (χ2v) is 7.68. The Balaban J connectivity index is 1.98. The highest BCUT2D eigenvalue weighted by atomic mass is 15.2. The predicted octanol–water partition coefficient (Wildman–Crippen LogP) is 7.58. The van der Waals surface area contributed by atoms with E-state index in [1.165, 1.54) is 34.2 Å². The standard InChI is InChI=1S/C26H32N2/c1-4-7-11-21-13-10-16-23(18-21)26-24(14-8-5-2)19-25(28(26)27)22-15-9-12-20(6-3)17-22/h9-10,12-13,15-19H,4-8,11,14H2,1-3H3. The van der Waals surface area contributed by atoms with E-state index in [0.717, 1.165) is 54.6 Å². The summed E-state index contributed by atoms with van der Waals surface area (Å²) in [4.78, 5) is 0. The molecule has 0 fully saturated rings. The van der Waals surface area contributed by atoms with E-state index < -0.39 is 0 Å². The molecule has 3 rings (SSSR count). The highest BCUT2D eigenvalue weighted by Crippen LogP contribution is 2.37. The average Bonchev–Trinajstić information content (AvgIpc) is 3.07. The summed E-state index contributed by atoms with van der Waals surface area (Å²) >= 11 is 0. The number of hydrogen-bond acceptors (Lipinski definition) is 0. The number of aryl methyl sites for hydroxylation is 2. The lowest BCUT2D eigenvalue weighted by atomic mass is 9.99. The van der Waals surface area contributed by atoms with Crippen molar-refractivity contribution in [2.75, 3.05) is 0 Å². The summed E-state index contributed by atoms with van der Waals surface area (Å²) < 4.78 is 1.42. The van der Waals surface area contributed by atoms with E-state index in [0.29, 0.717) is 0 Å². The monoisotopic (exact) mass is 372 g/mol. The largest absolute Gasteiger partial charge is 0.493 e. The molecule has 146 valence electrons. The number of allylic oxidation sites excluding steroid dienone is 2. The summed E-state index contributed by atoms with van der Waals surface area (Å²) in [5.74, 6) is 0. The lowest BCUT2D eigenvalue weighted by molar-refractivity contribution is -0.344. The van der Waals surface area contributed by atoms with Crippen LogP contribution in [-0.2, 0) is 12.8 Å². The van der Waals surface area contributed by atoms with Crippen LogP contribution >= 0.6 is 0 Å². The molecule has 0 N–H and O–H groups in total. The van der Waals surface area contributed by atoms with Crippen LogP contribution in [0.2, 0.25) is 0 Å². The van der Waals surface area contributed by atoms with Crippen LogP contribution in [0.1, 0.15) is 75.1 Å². The molecule has 1 heterocycles. The van der Waals surface area contributed by atoms with Gasteiger partial charge in [-0.05, 0) is 67.5 Å². The molecule has 1 aliphatic heterocycles. The van der Waals surface area contributed by atoms with Gasteiger partial charge in [0.25, 0.3) is 0 Å². The van der Waals surface area contributed by atoms with Crippen molar-refractivity contribution >= 4 is 11.4 Å². The molecular formula is C26H32N2. The Morgan fingerprint density at radius 1 is 0.786 bits per heavy atom. The number of benzene rings is 2. The fraction of sp³-hybridized carbons (Fsp3) is 0.385. The average molecular weight is 373 g/mol. The molecule has 0 saturated carbocycles.